The summed E-state index contributed by atoms with van der Waals surface area (Å²) in [6.07, 6.45) is 0. The van der Waals surface area contributed by atoms with Gasteiger partial charge in [0.2, 0.25) is 0 Å². The van der Waals surface area contributed by atoms with E-state index in [1.54, 1.807) is 12.1 Å². The molecule has 0 saturated carbocycles. The fourth-order valence-electron chi connectivity index (χ4n) is 2.22. The maximum atomic E-state index is 12.0. The van der Waals surface area contributed by atoms with Crippen molar-refractivity contribution in [3.8, 4) is 11.8 Å². The van der Waals surface area contributed by atoms with Crippen molar-refractivity contribution in [1.29, 1.82) is 5.26 Å². The number of hydrogen-bond donors (Lipinski definition) is 1. The third-order valence-corrected chi connectivity index (χ3v) is 3.62. The number of nitriles is 1. The Morgan fingerprint density at radius 2 is 1.91 bits per heavy atom. The van der Waals surface area contributed by atoms with Gasteiger partial charge in [-0.25, -0.2) is 0 Å². The van der Waals surface area contributed by atoms with Gasteiger partial charge in [0.15, 0.2) is 6.61 Å². The number of carbonyl (C=O) groups excluding carboxylic acids is 1. The normalized spacial score (nSPS) is 11.4. The van der Waals surface area contributed by atoms with Crippen LogP contribution < -0.4 is 10.1 Å². The molecule has 1 N–H and O–H groups in total. The van der Waals surface area contributed by atoms with Crippen LogP contribution in [0, 0.1) is 25.2 Å². The van der Waals surface area contributed by atoms with Crippen LogP contribution in [0.25, 0.3) is 0 Å². The standard InChI is InChI=1S/C19H20N2O2/c1-13-4-5-14(2)18(10-13)23-12-19(22)21-15(3)17-8-6-16(11-20)7-9-17/h4-10,15H,12H2,1-3H3,(H,21,22). The van der Waals surface area contributed by atoms with Crippen LogP contribution in [-0.4, -0.2) is 12.5 Å². The summed E-state index contributed by atoms with van der Waals surface area (Å²) in [5.41, 5.74) is 3.65. The van der Waals surface area contributed by atoms with E-state index in [1.165, 1.54) is 0 Å². The van der Waals surface area contributed by atoms with Crippen molar-refractivity contribution in [3.05, 3.63) is 64.7 Å². The number of ether oxygens (including phenoxy) is 1. The number of carbonyl (C=O) groups is 1. The lowest BCUT2D eigenvalue weighted by Crippen LogP contribution is -2.31. The summed E-state index contributed by atoms with van der Waals surface area (Å²) >= 11 is 0. The Morgan fingerprint density at radius 1 is 1.22 bits per heavy atom. The highest BCUT2D eigenvalue weighted by Crippen LogP contribution is 2.19. The van der Waals surface area contributed by atoms with Crippen molar-refractivity contribution in [2.45, 2.75) is 26.8 Å². The van der Waals surface area contributed by atoms with E-state index in [0.717, 1.165) is 22.4 Å². The van der Waals surface area contributed by atoms with Crippen LogP contribution in [0.4, 0.5) is 0 Å². The third kappa shape index (κ3) is 4.58. The molecule has 2 aromatic rings. The van der Waals surface area contributed by atoms with Gasteiger partial charge in [-0.15, -0.1) is 0 Å². The molecule has 23 heavy (non-hydrogen) atoms. The molecule has 0 aliphatic rings. The molecule has 1 amide bonds. The fourth-order valence-corrected chi connectivity index (χ4v) is 2.22. The van der Waals surface area contributed by atoms with Gasteiger partial charge in [0.25, 0.3) is 5.91 Å². The summed E-state index contributed by atoms with van der Waals surface area (Å²) in [5, 5.41) is 11.7. The van der Waals surface area contributed by atoms with Crippen LogP contribution in [0.5, 0.6) is 5.75 Å². The van der Waals surface area contributed by atoms with Crippen LogP contribution in [0.15, 0.2) is 42.5 Å². The lowest BCUT2D eigenvalue weighted by Gasteiger charge is -2.15. The number of benzene rings is 2. The van der Waals surface area contributed by atoms with Gasteiger partial charge in [-0.1, -0.05) is 24.3 Å². The van der Waals surface area contributed by atoms with E-state index in [-0.39, 0.29) is 18.6 Å². The van der Waals surface area contributed by atoms with Gasteiger partial charge < -0.3 is 10.1 Å². The Labute approximate surface area is 136 Å². The number of hydrogen-bond acceptors (Lipinski definition) is 3. The lowest BCUT2D eigenvalue weighted by atomic mass is 10.1. The second-order valence-corrected chi connectivity index (χ2v) is 5.58. The van der Waals surface area contributed by atoms with Crippen molar-refractivity contribution in [1.82, 2.24) is 5.32 Å². The van der Waals surface area contributed by atoms with Gasteiger partial charge >= 0.3 is 0 Å². The Morgan fingerprint density at radius 3 is 2.57 bits per heavy atom. The van der Waals surface area contributed by atoms with E-state index in [9.17, 15) is 4.79 Å². The summed E-state index contributed by atoms with van der Waals surface area (Å²) in [6, 6.07) is 15.0. The predicted octanol–water partition coefficient (Wildman–Crippen LogP) is 3.43. The zero-order chi connectivity index (χ0) is 16.8. The Kier molecular flexibility index (Phi) is 5.37. The van der Waals surface area contributed by atoms with E-state index >= 15 is 0 Å². The fraction of sp³-hybridized carbons (Fsp3) is 0.263. The van der Waals surface area contributed by atoms with Crippen LogP contribution in [0.3, 0.4) is 0 Å². The summed E-state index contributed by atoms with van der Waals surface area (Å²) in [6.45, 7) is 5.81. The molecule has 0 aromatic heterocycles. The first-order valence-corrected chi connectivity index (χ1v) is 7.49. The van der Waals surface area contributed by atoms with Crippen molar-refractivity contribution in [2.75, 3.05) is 6.61 Å². The van der Waals surface area contributed by atoms with Crippen molar-refractivity contribution in [3.63, 3.8) is 0 Å². The highest BCUT2D eigenvalue weighted by molar-refractivity contribution is 5.78. The van der Waals surface area contributed by atoms with Gasteiger partial charge in [-0.05, 0) is 55.7 Å². The molecule has 0 heterocycles. The Bertz CT molecular complexity index is 730. The molecule has 0 bridgehead atoms. The molecule has 2 aromatic carbocycles. The highest BCUT2D eigenvalue weighted by atomic mass is 16.5. The molecular weight excluding hydrogens is 288 g/mol. The molecule has 0 saturated heterocycles. The predicted molar refractivity (Wildman–Crippen MR) is 89.1 cm³/mol. The minimum atomic E-state index is -0.178. The maximum absolute atomic E-state index is 12.0. The first kappa shape index (κ1) is 16.6. The summed E-state index contributed by atoms with van der Waals surface area (Å²) in [4.78, 5) is 12.0. The first-order chi connectivity index (χ1) is 11.0. The lowest BCUT2D eigenvalue weighted by molar-refractivity contribution is -0.123. The van der Waals surface area contributed by atoms with E-state index < -0.39 is 0 Å². The molecule has 0 spiro atoms. The van der Waals surface area contributed by atoms with Crippen LogP contribution in [0.1, 0.15) is 35.2 Å². The van der Waals surface area contributed by atoms with Crippen molar-refractivity contribution >= 4 is 5.91 Å². The number of nitrogens with one attached hydrogen (secondary N) is 1. The third-order valence-electron chi connectivity index (χ3n) is 3.62. The van der Waals surface area contributed by atoms with Gasteiger partial charge in [-0.2, -0.15) is 5.26 Å². The van der Waals surface area contributed by atoms with Crippen LogP contribution >= 0.6 is 0 Å². The molecule has 4 nitrogen and oxygen atoms in total. The van der Waals surface area contributed by atoms with Crippen LogP contribution in [0.2, 0.25) is 0 Å². The second-order valence-electron chi connectivity index (χ2n) is 5.58. The molecule has 118 valence electrons. The Hall–Kier alpha value is -2.80. The minimum absolute atomic E-state index is 0.0229. The minimum Gasteiger partial charge on any atom is -0.483 e. The Balaban J connectivity index is 1.91. The molecule has 1 atom stereocenters. The average Bonchev–Trinajstić information content (AvgIpc) is 2.55. The van der Waals surface area contributed by atoms with Gasteiger partial charge in [0.1, 0.15) is 5.75 Å². The largest absolute Gasteiger partial charge is 0.483 e. The summed E-state index contributed by atoms with van der Waals surface area (Å²) < 4.78 is 5.60. The molecule has 0 aliphatic carbocycles. The second kappa shape index (κ2) is 7.46. The van der Waals surface area contributed by atoms with Crippen molar-refractivity contribution < 1.29 is 9.53 Å². The number of rotatable bonds is 5. The molecule has 0 fully saturated rings. The zero-order valence-corrected chi connectivity index (χ0v) is 13.6. The first-order valence-electron chi connectivity index (χ1n) is 7.49. The number of aryl methyl sites for hydroxylation is 2. The summed E-state index contributed by atoms with van der Waals surface area (Å²) in [7, 11) is 0. The monoisotopic (exact) mass is 308 g/mol. The number of nitrogens with zero attached hydrogens (tertiary/aromatic N) is 1. The SMILES string of the molecule is Cc1ccc(C)c(OCC(=O)NC(C)c2ccc(C#N)cc2)c1. The maximum Gasteiger partial charge on any atom is 0.258 e. The zero-order valence-electron chi connectivity index (χ0n) is 13.6. The molecular formula is C19H20N2O2. The molecule has 2 rings (SSSR count). The van der Waals surface area contributed by atoms with Gasteiger partial charge in [-0.3, -0.25) is 4.79 Å². The van der Waals surface area contributed by atoms with E-state index in [1.807, 2.05) is 51.1 Å². The topological polar surface area (TPSA) is 62.1 Å². The van der Waals surface area contributed by atoms with Crippen molar-refractivity contribution in [2.24, 2.45) is 0 Å². The molecule has 1 unspecified atom stereocenters. The molecule has 0 aliphatic heterocycles. The van der Waals surface area contributed by atoms with E-state index in [2.05, 4.69) is 11.4 Å². The molecule has 0 radical (unpaired) electrons. The van der Waals surface area contributed by atoms with Gasteiger partial charge in [0, 0.05) is 0 Å². The summed E-state index contributed by atoms with van der Waals surface area (Å²) in [5.74, 6) is 0.550. The van der Waals surface area contributed by atoms with E-state index in [0.29, 0.717) is 5.56 Å². The number of amides is 1. The smallest absolute Gasteiger partial charge is 0.258 e. The van der Waals surface area contributed by atoms with Crippen LogP contribution in [-0.2, 0) is 4.79 Å². The quantitative estimate of drug-likeness (QED) is 0.920. The highest BCUT2D eigenvalue weighted by Gasteiger charge is 2.11. The van der Waals surface area contributed by atoms with Gasteiger partial charge in [0.05, 0.1) is 17.7 Å². The van der Waals surface area contributed by atoms with E-state index in [4.69, 9.17) is 10.00 Å². The average molecular weight is 308 g/mol. The molecule has 4 heteroatoms.